The Bertz CT molecular complexity index is 1030. The van der Waals surface area contributed by atoms with Crippen molar-refractivity contribution in [3.63, 3.8) is 0 Å². The minimum Gasteiger partial charge on any atom is -0.492 e. The topological polar surface area (TPSA) is 65.1 Å². The lowest BCUT2D eigenvalue weighted by molar-refractivity contribution is -0.123. The number of thioether (sulfide) groups is 1. The molecular weight excluding hydrogens is 529 g/mol. The van der Waals surface area contributed by atoms with E-state index in [1.165, 1.54) is 4.90 Å². The normalized spacial score (nSPS) is 14.6. The molecule has 1 fully saturated rings. The molecule has 6 nitrogen and oxygen atoms in total. The number of carbonyl (C=O) groups is 2. The summed E-state index contributed by atoms with van der Waals surface area (Å²) in [5, 5.41) is -0.318. The number of ether oxygens (including phenoxy) is 3. The van der Waals surface area contributed by atoms with Crippen LogP contribution in [0.15, 0.2) is 47.4 Å². The van der Waals surface area contributed by atoms with Crippen LogP contribution in [0.1, 0.15) is 12.5 Å². The average molecular weight is 549 g/mol. The van der Waals surface area contributed by atoms with Crippen molar-refractivity contribution in [3.8, 4) is 29.6 Å². The monoisotopic (exact) mass is 549 g/mol. The van der Waals surface area contributed by atoms with E-state index in [4.69, 9.17) is 20.6 Å². The number of hydrogen-bond donors (Lipinski definition) is 0. The van der Waals surface area contributed by atoms with Crippen LogP contribution in [-0.4, -0.2) is 42.4 Å². The fourth-order valence-electron chi connectivity index (χ4n) is 2.80. The molecule has 0 spiro atoms. The number of imide groups is 1. The molecule has 1 aliphatic rings. The fraction of sp³-hybridized carbons (Fsp3) is 0.217. The third-order valence-electron chi connectivity index (χ3n) is 4.13. The molecule has 2 amide bonds. The Morgan fingerprint density at radius 2 is 1.94 bits per heavy atom. The Hall–Kier alpha value is -2.64. The number of amides is 2. The summed E-state index contributed by atoms with van der Waals surface area (Å²) in [5.74, 6) is 3.88. The second-order valence-electron chi connectivity index (χ2n) is 6.25. The molecule has 0 N–H and O–H groups in total. The summed E-state index contributed by atoms with van der Waals surface area (Å²) in [6.45, 7) is 2.84. The minimum absolute atomic E-state index is 0.124. The van der Waals surface area contributed by atoms with Gasteiger partial charge in [0.15, 0.2) is 11.5 Å². The Morgan fingerprint density at radius 1 is 1.16 bits per heavy atom. The lowest BCUT2D eigenvalue weighted by Gasteiger charge is -2.14. The minimum atomic E-state index is -0.340. The first-order chi connectivity index (χ1) is 15.0. The third-order valence-corrected chi connectivity index (χ3v) is 5.84. The number of benzene rings is 2. The maximum Gasteiger partial charge on any atom is 0.293 e. The molecule has 160 valence electrons. The average Bonchev–Trinajstić information content (AvgIpc) is 3.01. The Balaban J connectivity index is 1.73. The lowest BCUT2D eigenvalue weighted by atomic mass is 10.2. The van der Waals surface area contributed by atoms with Gasteiger partial charge in [0.25, 0.3) is 11.1 Å². The van der Waals surface area contributed by atoms with Crippen molar-refractivity contribution in [2.75, 3.05) is 26.4 Å². The van der Waals surface area contributed by atoms with Crippen molar-refractivity contribution in [2.24, 2.45) is 0 Å². The maximum atomic E-state index is 12.7. The highest BCUT2D eigenvalue weighted by molar-refractivity contribution is 14.1. The van der Waals surface area contributed by atoms with E-state index in [-0.39, 0.29) is 30.9 Å². The van der Waals surface area contributed by atoms with Crippen LogP contribution >= 0.6 is 34.4 Å². The largest absolute Gasteiger partial charge is 0.492 e. The van der Waals surface area contributed by atoms with Crippen molar-refractivity contribution in [3.05, 3.63) is 56.5 Å². The van der Waals surface area contributed by atoms with Gasteiger partial charge in [0, 0.05) is 0 Å². The molecular formula is C23H20INO5S. The lowest BCUT2D eigenvalue weighted by Crippen LogP contribution is -2.32. The number of para-hydroxylation sites is 1. The second kappa shape index (κ2) is 11.1. The molecule has 0 unspecified atom stereocenters. The molecule has 2 aromatic carbocycles. The number of rotatable bonds is 9. The predicted octanol–water partition coefficient (Wildman–Crippen LogP) is 4.82. The Kier molecular flexibility index (Phi) is 8.26. The highest BCUT2D eigenvalue weighted by atomic mass is 127. The fourth-order valence-corrected chi connectivity index (χ4v) is 4.45. The molecule has 1 aliphatic heterocycles. The van der Waals surface area contributed by atoms with Crippen LogP contribution in [0.4, 0.5) is 4.79 Å². The molecule has 0 aliphatic carbocycles. The molecule has 0 atom stereocenters. The summed E-state index contributed by atoms with van der Waals surface area (Å²) in [6, 6.07) is 12.9. The third kappa shape index (κ3) is 5.95. The molecule has 3 rings (SSSR count). The van der Waals surface area contributed by atoms with Crippen molar-refractivity contribution in [2.45, 2.75) is 6.92 Å². The molecule has 2 aromatic rings. The van der Waals surface area contributed by atoms with Gasteiger partial charge in [-0.1, -0.05) is 24.1 Å². The summed E-state index contributed by atoms with van der Waals surface area (Å²) in [4.78, 5) is 26.6. The summed E-state index contributed by atoms with van der Waals surface area (Å²) in [5.41, 5.74) is 0.729. The summed E-state index contributed by atoms with van der Waals surface area (Å²) < 4.78 is 17.7. The molecule has 1 heterocycles. The van der Waals surface area contributed by atoms with E-state index in [2.05, 4.69) is 28.5 Å². The van der Waals surface area contributed by atoms with Gasteiger partial charge in [0.1, 0.15) is 19.0 Å². The van der Waals surface area contributed by atoms with E-state index in [0.717, 1.165) is 20.9 Å². The summed E-state index contributed by atoms with van der Waals surface area (Å²) >= 11 is 3.03. The first-order valence-corrected chi connectivity index (χ1v) is 11.4. The summed E-state index contributed by atoms with van der Waals surface area (Å²) in [7, 11) is 0. The van der Waals surface area contributed by atoms with Crippen molar-refractivity contribution in [1.82, 2.24) is 4.90 Å². The van der Waals surface area contributed by atoms with Crippen LogP contribution in [0, 0.1) is 15.9 Å². The number of hydrogen-bond acceptors (Lipinski definition) is 6. The van der Waals surface area contributed by atoms with Gasteiger partial charge in [0.05, 0.1) is 21.6 Å². The number of carbonyl (C=O) groups excluding carboxylic acids is 2. The van der Waals surface area contributed by atoms with Crippen LogP contribution < -0.4 is 14.2 Å². The standard InChI is InChI=1S/C23H20INO5S/c1-3-11-30-21-18(24)13-16(14-19(21)28-4-2)15-20-22(26)25(23(27)31-20)10-12-29-17-8-6-5-7-9-17/h1,5-9,13-15H,4,10-12H2,2H3/b20-15-. The van der Waals surface area contributed by atoms with E-state index in [0.29, 0.717) is 28.8 Å². The smallest absolute Gasteiger partial charge is 0.293 e. The van der Waals surface area contributed by atoms with Crippen molar-refractivity contribution in [1.29, 1.82) is 0 Å². The van der Waals surface area contributed by atoms with Crippen LogP contribution in [-0.2, 0) is 4.79 Å². The molecule has 31 heavy (non-hydrogen) atoms. The zero-order chi connectivity index (χ0) is 22.2. The highest BCUT2D eigenvalue weighted by Gasteiger charge is 2.34. The molecule has 0 aromatic heterocycles. The molecule has 8 heteroatoms. The van der Waals surface area contributed by atoms with Crippen LogP contribution in [0.3, 0.4) is 0 Å². The van der Waals surface area contributed by atoms with Crippen molar-refractivity contribution >= 4 is 51.6 Å². The molecule has 0 saturated carbocycles. The van der Waals surface area contributed by atoms with Gasteiger partial charge >= 0.3 is 0 Å². The van der Waals surface area contributed by atoms with Gasteiger partial charge in [-0.25, -0.2) is 0 Å². The van der Waals surface area contributed by atoms with E-state index >= 15 is 0 Å². The van der Waals surface area contributed by atoms with Gasteiger partial charge < -0.3 is 14.2 Å². The Morgan fingerprint density at radius 3 is 2.65 bits per heavy atom. The van der Waals surface area contributed by atoms with E-state index in [9.17, 15) is 9.59 Å². The van der Waals surface area contributed by atoms with Crippen LogP contribution in [0.25, 0.3) is 6.08 Å². The van der Waals surface area contributed by atoms with Gasteiger partial charge in [-0.3, -0.25) is 14.5 Å². The molecule has 1 saturated heterocycles. The molecule has 0 bridgehead atoms. The number of nitrogens with zero attached hydrogens (tertiary/aromatic N) is 1. The summed E-state index contributed by atoms with van der Waals surface area (Å²) in [6.07, 6.45) is 6.96. The van der Waals surface area contributed by atoms with Gasteiger partial charge in [0.2, 0.25) is 0 Å². The molecule has 0 radical (unpaired) electrons. The van der Waals surface area contributed by atoms with Gasteiger partial charge in [-0.05, 0) is 77.2 Å². The maximum absolute atomic E-state index is 12.7. The quantitative estimate of drug-likeness (QED) is 0.254. The highest BCUT2D eigenvalue weighted by Crippen LogP contribution is 2.37. The Labute approximate surface area is 199 Å². The second-order valence-corrected chi connectivity index (χ2v) is 8.41. The number of terminal acetylenes is 1. The first-order valence-electron chi connectivity index (χ1n) is 9.49. The van der Waals surface area contributed by atoms with Crippen LogP contribution in [0.2, 0.25) is 0 Å². The van der Waals surface area contributed by atoms with E-state index < -0.39 is 0 Å². The van der Waals surface area contributed by atoms with E-state index in [1.54, 1.807) is 12.1 Å². The van der Waals surface area contributed by atoms with Gasteiger partial charge in [-0.15, -0.1) is 6.42 Å². The first kappa shape index (κ1) is 23.0. The SMILES string of the molecule is C#CCOc1c(I)cc(/C=C2\SC(=O)N(CCOc3ccccc3)C2=O)cc1OCC. The van der Waals surface area contributed by atoms with Crippen LogP contribution in [0.5, 0.6) is 17.2 Å². The predicted molar refractivity (Wildman–Crippen MR) is 129 cm³/mol. The zero-order valence-electron chi connectivity index (χ0n) is 16.8. The van der Waals surface area contributed by atoms with Crippen molar-refractivity contribution < 1.29 is 23.8 Å². The van der Waals surface area contributed by atoms with Gasteiger partial charge in [-0.2, -0.15) is 0 Å². The van der Waals surface area contributed by atoms with E-state index in [1.807, 2.05) is 43.3 Å². The number of halogens is 1. The zero-order valence-corrected chi connectivity index (χ0v) is 19.8.